The molecule has 1 aliphatic heterocycles. The zero-order valence-corrected chi connectivity index (χ0v) is 15.0. The van der Waals surface area contributed by atoms with Gasteiger partial charge in [0, 0.05) is 30.9 Å². The molecule has 0 radical (unpaired) electrons. The summed E-state index contributed by atoms with van der Waals surface area (Å²) in [5, 5.41) is 2.82. The van der Waals surface area contributed by atoms with Crippen LogP contribution in [0.5, 0.6) is 0 Å². The number of rotatable bonds is 6. The van der Waals surface area contributed by atoms with Crippen LogP contribution in [0, 0.1) is 0 Å². The molecule has 1 aromatic carbocycles. The number of hydrogen-bond acceptors (Lipinski definition) is 4. The predicted octanol–water partition coefficient (Wildman–Crippen LogP) is 2.04. The van der Waals surface area contributed by atoms with Crippen LogP contribution in [-0.2, 0) is 9.53 Å². The van der Waals surface area contributed by atoms with E-state index < -0.39 is 6.10 Å². The van der Waals surface area contributed by atoms with Gasteiger partial charge < -0.3 is 20.7 Å². The van der Waals surface area contributed by atoms with E-state index in [0.29, 0.717) is 37.3 Å². The first kappa shape index (κ1) is 20.4. The lowest BCUT2D eigenvalue weighted by molar-refractivity contribution is -0.126. The molecule has 24 heavy (non-hydrogen) atoms. The summed E-state index contributed by atoms with van der Waals surface area (Å²) < 4.78 is 5.58. The molecule has 0 unspecified atom stereocenters. The van der Waals surface area contributed by atoms with Crippen LogP contribution in [0.1, 0.15) is 37.0 Å². The monoisotopic (exact) mass is 355 g/mol. The Morgan fingerprint density at radius 3 is 2.58 bits per heavy atom. The van der Waals surface area contributed by atoms with E-state index in [4.69, 9.17) is 10.5 Å². The normalized spacial score (nSPS) is 19.5. The van der Waals surface area contributed by atoms with Gasteiger partial charge in [0.15, 0.2) is 0 Å². The fourth-order valence-corrected chi connectivity index (χ4v) is 2.72. The zero-order chi connectivity index (χ0) is 16.8. The number of ether oxygens (including phenoxy) is 1. The van der Waals surface area contributed by atoms with Crippen molar-refractivity contribution in [3.05, 3.63) is 29.8 Å². The van der Waals surface area contributed by atoms with Crippen molar-refractivity contribution in [1.29, 1.82) is 0 Å². The van der Waals surface area contributed by atoms with Crippen molar-refractivity contribution in [2.75, 3.05) is 25.0 Å². The summed E-state index contributed by atoms with van der Waals surface area (Å²) in [6.07, 6.45) is 0.966. The van der Waals surface area contributed by atoms with Crippen LogP contribution in [-0.4, -0.2) is 48.6 Å². The molecule has 1 aromatic rings. The summed E-state index contributed by atoms with van der Waals surface area (Å²) in [7, 11) is 0. The summed E-state index contributed by atoms with van der Waals surface area (Å²) in [6.45, 7) is 5.62. The molecule has 0 spiro atoms. The fraction of sp³-hybridized carbons (Fsp3) is 0.529. The maximum atomic E-state index is 12.4. The number of carbonyl (C=O) groups excluding carboxylic acids is 2. The third-order valence-electron chi connectivity index (χ3n) is 4.09. The first-order chi connectivity index (χ1) is 11.1. The van der Waals surface area contributed by atoms with Crippen LogP contribution in [0.4, 0.5) is 5.69 Å². The number of hydrogen-bond donors (Lipinski definition) is 2. The minimum Gasteiger partial charge on any atom is -0.364 e. The molecule has 2 rings (SSSR count). The molecule has 6 nitrogen and oxygen atoms in total. The molecule has 0 aromatic heterocycles. The maximum absolute atomic E-state index is 12.4. The highest BCUT2D eigenvalue weighted by atomic mass is 35.5. The van der Waals surface area contributed by atoms with Gasteiger partial charge in [-0.25, -0.2) is 0 Å². The first-order valence-electron chi connectivity index (χ1n) is 8.14. The molecule has 0 aliphatic carbocycles. The lowest BCUT2D eigenvalue weighted by Gasteiger charge is -2.19. The Morgan fingerprint density at radius 1 is 1.29 bits per heavy atom. The Labute approximate surface area is 149 Å². The zero-order valence-electron chi connectivity index (χ0n) is 14.2. The van der Waals surface area contributed by atoms with Crippen LogP contribution >= 0.6 is 12.4 Å². The molecule has 3 N–H and O–H groups in total. The van der Waals surface area contributed by atoms with Crippen LogP contribution in [0.2, 0.25) is 0 Å². The van der Waals surface area contributed by atoms with E-state index in [9.17, 15) is 9.59 Å². The smallest absolute Gasteiger partial charge is 0.253 e. The number of amides is 2. The van der Waals surface area contributed by atoms with E-state index in [0.717, 1.165) is 6.42 Å². The molecule has 0 bridgehead atoms. The predicted molar refractivity (Wildman–Crippen MR) is 96.5 cm³/mol. The molecule has 0 saturated carbocycles. The van der Waals surface area contributed by atoms with E-state index >= 15 is 0 Å². The summed E-state index contributed by atoms with van der Waals surface area (Å²) in [6, 6.07) is 7.00. The maximum Gasteiger partial charge on any atom is 0.253 e. The number of carbonyl (C=O) groups is 2. The SMILES string of the molecule is CCN(CC)C(=O)c1cccc(NC(=O)[C@@H]2CC[C@H](CN)O2)c1.Cl. The average molecular weight is 356 g/mol. The summed E-state index contributed by atoms with van der Waals surface area (Å²) in [4.78, 5) is 26.3. The second kappa shape index (κ2) is 9.61. The molecule has 7 heteroatoms. The summed E-state index contributed by atoms with van der Waals surface area (Å²) in [5.74, 6) is -0.222. The van der Waals surface area contributed by atoms with E-state index in [1.54, 1.807) is 29.2 Å². The third kappa shape index (κ3) is 4.93. The van der Waals surface area contributed by atoms with Gasteiger partial charge in [0.2, 0.25) is 0 Å². The molecule has 1 aliphatic rings. The number of nitrogens with one attached hydrogen (secondary N) is 1. The van der Waals surface area contributed by atoms with Gasteiger partial charge in [0.25, 0.3) is 11.8 Å². The number of halogens is 1. The van der Waals surface area contributed by atoms with Crippen LogP contribution in [0.15, 0.2) is 24.3 Å². The minimum atomic E-state index is -0.467. The van der Waals surface area contributed by atoms with E-state index in [1.807, 2.05) is 13.8 Å². The Balaban J connectivity index is 0.00000288. The lowest BCUT2D eigenvalue weighted by Crippen LogP contribution is -2.31. The van der Waals surface area contributed by atoms with E-state index in [1.165, 1.54) is 0 Å². The standard InChI is InChI=1S/C17H25N3O3.ClH/c1-3-20(4-2)17(22)12-6-5-7-13(10-12)19-16(21)15-9-8-14(11-18)23-15;/h5-7,10,14-15H,3-4,8-9,11,18H2,1-2H3,(H,19,21);1H/t14-,15+;/m1./s1. The second-order valence-corrected chi connectivity index (χ2v) is 5.61. The van der Waals surface area contributed by atoms with Crippen LogP contribution < -0.4 is 11.1 Å². The summed E-state index contributed by atoms with van der Waals surface area (Å²) in [5.41, 5.74) is 6.73. The minimum absolute atomic E-state index is 0. The molecule has 2 atom stereocenters. The topological polar surface area (TPSA) is 84.7 Å². The van der Waals surface area contributed by atoms with Crippen LogP contribution in [0.25, 0.3) is 0 Å². The van der Waals surface area contributed by atoms with E-state index in [2.05, 4.69) is 5.32 Å². The first-order valence-corrected chi connectivity index (χ1v) is 8.14. The number of anilines is 1. The molecule has 2 amide bonds. The van der Waals surface area contributed by atoms with Crippen molar-refractivity contribution >= 4 is 29.9 Å². The van der Waals surface area contributed by atoms with Crippen molar-refractivity contribution in [2.45, 2.75) is 38.9 Å². The van der Waals surface area contributed by atoms with Crippen molar-refractivity contribution in [3.63, 3.8) is 0 Å². The van der Waals surface area contributed by atoms with Gasteiger partial charge in [-0.05, 0) is 44.9 Å². The largest absolute Gasteiger partial charge is 0.364 e. The third-order valence-corrected chi connectivity index (χ3v) is 4.09. The van der Waals surface area contributed by atoms with Crippen LogP contribution in [0.3, 0.4) is 0 Å². The summed E-state index contributed by atoms with van der Waals surface area (Å²) >= 11 is 0. The Hall–Kier alpha value is -1.63. The number of nitrogens with zero attached hydrogens (tertiary/aromatic N) is 1. The van der Waals surface area contributed by atoms with Gasteiger partial charge in [-0.2, -0.15) is 0 Å². The molecular weight excluding hydrogens is 330 g/mol. The highest BCUT2D eigenvalue weighted by Gasteiger charge is 2.29. The molecular formula is C17H26ClN3O3. The van der Waals surface area contributed by atoms with Gasteiger partial charge in [0.1, 0.15) is 6.10 Å². The molecule has 1 fully saturated rings. The fourth-order valence-electron chi connectivity index (χ4n) is 2.72. The van der Waals surface area contributed by atoms with Gasteiger partial charge >= 0.3 is 0 Å². The van der Waals surface area contributed by atoms with Gasteiger partial charge in [-0.1, -0.05) is 6.07 Å². The van der Waals surface area contributed by atoms with E-state index in [-0.39, 0.29) is 30.3 Å². The van der Waals surface area contributed by atoms with Gasteiger partial charge in [-0.15, -0.1) is 12.4 Å². The van der Waals surface area contributed by atoms with Crippen molar-refractivity contribution in [3.8, 4) is 0 Å². The Morgan fingerprint density at radius 2 is 2.00 bits per heavy atom. The molecule has 1 saturated heterocycles. The lowest BCUT2D eigenvalue weighted by atomic mass is 10.1. The number of nitrogens with two attached hydrogens (primary N) is 1. The molecule has 1 heterocycles. The number of benzene rings is 1. The second-order valence-electron chi connectivity index (χ2n) is 5.61. The van der Waals surface area contributed by atoms with Crippen molar-refractivity contribution < 1.29 is 14.3 Å². The Kier molecular flexibility index (Phi) is 8.18. The van der Waals surface area contributed by atoms with Crippen molar-refractivity contribution in [1.82, 2.24) is 4.90 Å². The molecule has 134 valence electrons. The quantitative estimate of drug-likeness (QED) is 0.817. The average Bonchev–Trinajstić information content (AvgIpc) is 3.05. The van der Waals surface area contributed by atoms with Gasteiger partial charge in [-0.3, -0.25) is 9.59 Å². The highest BCUT2D eigenvalue weighted by Crippen LogP contribution is 2.21. The highest BCUT2D eigenvalue weighted by molar-refractivity contribution is 5.98. The van der Waals surface area contributed by atoms with Gasteiger partial charge in [0.05, 0.1) is 6.10 Å². The van der Waals surface area contributed by atoms with Crippen molar-refractivity contribution in [2.24, 2.45) is 5.73 Å². The Bertz CT molecular complexity index is 564.